The Kier molecular flexibility index (Phi) is 14.0. The zero-order valence-corrected chi connectivity index (χ0v) is 31.7. The van der Waals surface area contributed by atoms with Gasteiger partial charge in [0.2, 0.25) is 29.4 Å². The number of hydrogen-bond acceptors (Lipinski definition) is 9. The molecular weight excluding hydrogens is 684 g/mol. The highest BCUT2D eigenvalue weighted by atomic mass is 16.6. The highest BCUT2D eigenvalue weighted by Gasteiger charge is 2.59. The average Bonchev–Trinajstić information content (AvgIpc) is 3.79. The molecule has 2 aliphatic carbocycles. The zero-order valence-electron chi connectivity index (χ0n) is 31.7. The zero-order chi connectivity index (χ0) is 39.0. The van der Waals surface area contributed by atoms with Crippen molar-refractivity contribution < 1.29 is 43.4 Å². The minimum atomic E-state index is -1.53. The number of ether oxygens (including phenoxy) is 1. The van der Waals surface area contributed by atoms with Crippen molar-refractivity contribution in [3.8, 4) is 0 Å². The fourth-order valence-electron chi connectivity index (χ4n) is 7.15. The van der Waals surface area contributed by atoms with E-state index in [1.165, 1.54) is 9.80 Å². The van der Waals surface area contributed by atoms with Crippen LogP contribution in [0.15, 0.2) is 30.3 Å². The van der Waals surface area contributed by atoms with Gasteiger partial charge in [-0.05, 0) is 55.9 Å². The molecule has 0 spiro atoms. The first-order chi connectivity index (χ1) is 25.1. The highest BCUT2D eigenvalue weighted by Crippen LogP contribution is 2.50. The van der Waals surface area contributed by atoms with Crippen LogP contribution in [0, 0.1) is 17.8 Å². The maximum atomic E-state index is 14.3. The molecule has 0 radical (unpaired) electrons. The third-order valence-corrected chi connectivity index (χ3v) is 10.7. The van der Waals surface area contributed by atoms with Gasteiger partial charge in [-0.1, -0.05) is 76.8 Å². The first-order valence-corrected chi connectivity index (χ1v) is 18.8. The van der Waals surface area contributed by atoms with Gasteiger partial charge in [0.05, 0.1) is 18.2 Å². The summed E-state index contributed by atoms with van der Waals surface area (Å²) in [6.45, 7) is 6.96. The second kappa shape index (κ2) is 18.0. The summed E-state index contributed by atoms with van der Waals surface area (Å²) in [5.74, 6) is -4.44. The lowest BCUT2D eigenvalue weighted by Crippen LogP contribution is -2.64. The summed E-state index contributed by atoms with van der Waals surface area (Å²) >= 11 is 0. The van der Waals surface area contributed by atoms with Gasteiger partial charge in [0.25, 0.3) is 5.91 Å². The molecule has 1 saturated heterocycles. The van der Waals surface area contributed by atoms with Crippen molar-refractivity contribution in [2.45, 2.75) is 115 Å². The number of likely N-dealkylation sites (N-methyl/N-ethyl adjacent to an activating group) is 1. The number of nitrogens with one attached hydrogen (secondary N) is 4. The minimum absolute atomic E-state index is 0.0233. The number of carbonyl (C=O) groups is 7. The molecule has 1 aliphatic heterocycles. The lowest BCUT2D eigenvalue weighted by Gasteiger charge is -2.41. The van der Waals surface area contributed by atoms with Crippen molar-refractivity contribution in [1.82, 2.24) is 31.1 Å². The fourth-order valence-corrected chi connectivity index (χ4v) is 7.15. The molecule has 292 valence electrons. The number of nitrogens with zero attached hydrogens (tertiary/aromatic N) is 2. The Labute approximate surface area is 311 Å². The van der Waals surface area contributed by atoms with Gasteiger partial charge in [-0.3, -0.25) is 28.8 Å². The number of carbonyl (C=O) groups excluding carboxylic acids is 7. The van der Waals surface area contributed by atoms with Gasteiger partial charge in [-0.25, -0.2) is 4.79 Å². The predicted molar refractivity (Wildman–Crippen MR) is 194 cm³/mol. The third-order valence-electron chi connectivity index (χ3n) is 10.7. The van der Waals surface area contributed by atoms with Crippen LogP contribution in [0.25, 0.3) is 0 Å². The molecule has 1 heterocycles. The molecule has 15 nitrogen and oxygen atoms in total. The molecule has 5 N–H and O–H groups in total. The summed E-state index contributed by atoms with van der Waals surface area (Å²) in [6, 6.07) is 4.04. The quantitative estimate of drug-likeness (QED) is 0.156. The molecule has 3 aliphatic rings. The van der Waals surface area contributed by atoms with E-state index in [0.29, 0.717) is 44.1 Å². The molecule has 15 heteroatoms. The van der Waals surface area contributed by atoms with E-state index in [9.17, 15) is 38.7 Å². The number of likely N-dealkylation sites (tertiary alicyclic amines) is 1. The van der Waals surface area contributed by atoms with E-state index in [1.807, 2.05) is 13.8 Å². The summed E-state index contributed by atoms with van der Waals surface area (Å²) in [4.78, 5) is 95.9. The summed E-state index contributed by atoms with van der Waals surface area (Å²) < 4.78 is 5.49. The topological polar surface area (TPSA) is 204 Å². The molecular formula is C38H56N6O9. The molecule has 0 aromatic heterocycles. The number of benzene rings is 1. The average molecular weight is 741 g/mol. The normalized spacial score (nSPS) is 22.3. The molecule has 4 rings (SSSR count). The molecule has 3 fully saturated rings. The van der Waals surface area contributed by atoms with Crippen LogP contribution in [0.2, 0.25) is 0 Å². The number of rotatable bonds is 16. The van der Waals surface area contributed by atoms with Gasteiger partial charge >= 0.3 is 6.09 Å². The summed E-state index contributed by atoms with van der Waals surface area (Å²) in [5.41, 5.74) is -0.990. The van der Waals surface area contributed by atoms with Crippen LogP contribution >= 0.6 is 0 Å². The van der Waals surface area contributed by atoms with E-state index in [1.54, 1.807) is 58.3 Å². The van der Waals surface area contributed by atoms with E-state index >= 15 is 0 Å². The molecule has 1 aromatic carbocycles. The van der Waals surface area contributed by atoms with Gasteiger partial charge in [-0.15, -0.1) is 0 Å². The first kappa shape index (κ1) is 41.2. The Morgan fingerprint density at radius 3 is 2.23 bits per heavy atom. The Morgan fingerprint density at radius 1 is 0.962 bits per heavy atom. The summed E-state index contributed by atoms with van der Waals surface area (Å²) in [7, 11) is 3.11. The van der Waals surface area contributed by atoms with E-state index in [4.69, 9.17) is 4.74 Å². The van der Waals surface area contributed by atoms with Crippen molar-refractivity contribution in [3.63, 3.8) is 0 Å². The second-order valence-electron chi connectivity index (χ2n) is 15.2. The number of fused-ring (bicyclic) bond motifs is 1. The fraction of sp³-hybridized carbons (Fsp3) is 0.658. The standard InChI is InChI=1S/C38H56N6O9/c1-7-14-27(31(46)34(48)39-20-28(45)41-29(35(49)43(5)6)24-15-10-8-11-16-24)40-33(47)30-26-19-25(26)21-44(30)36(50)32(38(52)17-12-9-13-18-38)42-37(51)53-23(4)22(2)3/h8,10-11,15-16,22-23,25-27,29-30,32,52H,7,9,12-14,17-21H2,1-6H3,(H,39,48)(H,40,47)(H,41,45)(H,42,51). The largest absolute Gasteiger partial charge is 0.446 e. The maximum absolute atomic E-state index is 14.3. The van der Waals surface area contributed by atoms with Crippen molar-refractivity contribution in [2.24, 2.45) is 17.8 Å². The van der Waals surface area contributed by atoms with Crippen LogP contribution in [0.4, 0.5) is 4.79 Å². The maximum Gasteiger partial charge on any atom is 0.408 e. The number of amides is 6. The molecule has 2 saturated carbocycles. The Morgan fingerprint density at radius 2 is 1.62 bits per heavy atom. The monoisotopic (exact) mass is 740 g/mol. The Bertz CT molecular complexity index is 1510. The number of Topliss-reactive ketones (excluding diaryl/α,β-unsaturated/α-hetero) is 1. The highest BCUT2D eigenvalue weighted by molar-refractivity contribution is 6.38. The number of aliphatic hydroxyl groups is 1. The van der Waals surface area contributed by atoms with Crippen molar-refractivity contribution in [3.05, 3.63) is 35.9 Å². The molecule has 0 bridgehead atoms. The number of hydrogen-bond donors (Lipinski definition) is 5. The summed E-state index contributed by atoms with van der Waals surface area (Å²) in [5, 5.41) is 21.9. The minimum Gasteiger partial charge on any atom is -0.446 e. The van der Waals surface area contributed by atoms with Crippen molar-refractivity contribution >= 4 is 41.4 Å². The second-order valence-corrected chi connectivity index (χ2v) is 15.2. The predicted octanol–water partition coefficient (Wildman–Crippen LogP) is 1.58. The lowest BCUT2D eigenvalue weighted by molar-refractivity contribution is -0.149. The molecule has 53 heavy (non-hydrogen) atoms. The van der Waals surface area contributed by atoms with Gasteiger partial charge in [0.15, 0.2) is 0 Å². The van der Waals surface area contributed by atoms with Gasteiger partial charge in [-0.2, -0.15) is 0 Å². The Hall–Kier alpha value is -4.53. The van der Waals surface area contributed by atoms with Crippen LogP contribution in [0.5, 0.6) is 0 Å². The molecule has 7 atom stereocenters. The van der Waals surface area contributed by atoms with Crippen LogP contribution in [0.3, 0.4) is 0 Å². The van der Waals surface area contributed by atoms with Gasteiger partial charge in [0.1, 0.15) is 24.2 Å². The van der Waals surface area contributed by atoms with E-state index < -0.39 is 77.9 Å². The van der Waals surface area contributed by atoms with E-state index in [0.717, 1.165) is 6.42 Å². The number of piperidine rings is 1. The van der Waals surface area contributed by atoms with Crippen LogP contribution in [-0.4, -0.2) is 113 Å². The van der Waals surface area contributed by atoms with Crippen molar-refractivity contribution in [2.75, 3.05) is 27.2 Å². The third kappa shape index (κ3) is 10.3. The van der Waals surface area contributed by atoms with Gasteiger partial charge in [0, 0.05) is 20.6 Å². The number of ketones is 1. The number of alkyl carbamates (subject to hydrolysis) is 1. The van der Waals surface area contributed by atoms with Crippen LogP contribution < -0.4 is 21.3 Å². The smallest absolute Gasteiger partial charge is 0.408 e. The van der Waals surface area contributed by atoms with Gasteiger partial charge < -0.3 is 40.9 Å². The molecule has 1 aromatic rings. The van der Waals surface area contributed by atoms with E-state index in [2.05, 4.69) is 21.3 Å². The first-order valence-electron chi connectivity index (χ1n) is 18.8. The summed E-state index contributed by atoms with van der Waals surface area (Å²) in [6.07, 6.45) is 2.78. The SMILES string of the molecule is CCCC(NC(=O)C1C2CC2CN1C(=O)C(NC(=O)OC(C)C(C)C)C1(O)CCCCC1)C(=O)C(=O)NCC(=O)NC(C(=O)N(C)C)c1ccccc1. The molecule has 6 amide bonds. The van der Waals surface area contributed by atoms with Crippen LogP contribution in [0.1, 0.15) is 90.7 Å². The Balaban J connectivity index is 1.43. The van der Waals surface area contributed by atoms with E-state index in [-0.39, 0.29) is 36.6 Å². The van der Waals surface area contributed by atoms with Crippen molar-refractivity contribution in [1.29, 1.82) is 0 Å². The van der Waals surface area contributed by atoms with Crippen LogP contribution in [-0.2, 0) is 33.5 Å². The molecule has 7 unspecified atom stereocenters. The lowest BCUT2D eigenvalue weighted by atomic mass is 9.78.